The van der Waals surface area contributed by atoms with Gasteiger partial charge in [0.1, 0.15) is 5.82 Å². The largest absolute Gasteiger partial charge is 0.418 e. The number of nitrogens with one attached hydrogen (secondary N) is 2. The zero-order valence-electron chi connectivity index (χ0n) is 13.3. The molecule has 2 N–H and O–H groups in total. The first kappa shape index (κ1) is 17.9. The lowest BCUT2D eigenvalue weighted by molar-refractivity contribution is -0.136. The van der Waals surface area contributed by atoms with Crippen molar-refractivity contribution in [2.75, 3.05) is 10.6 Å². The van der Waals surface area contributed by atoms with Gasteiger partial charge >= 0.3 is 6.18 Å². The molecule has 134 valence electrons. The maximum Gasteiger partial charge on any atom is 0.418 e. The molecule has 3 aromatic rings. The van der Waals surface area contributed by atoms with Crippen molar-refractivity contribution in [3.05, 3.63) is 71.1 Å². The molecule has 0 amide bonds. The molecule has 2 heterocycles. The van der Waals surface area contributed by atoms with Gasteiger partial charge < -0.3 is 10.6 Å². The molecule has 3 rings (SSSR count). The molecular weight excluding hydrogens is 367 g/mol. The van der Waals surface area contributed by atoms with Gasteiger partial charge in [0, 0.05) is 17.4 Å². The number of benzene rings is 1. The molecule has 0 aliphatic carbocycles. The van der Waals surface area contributed by atoms with Crippen molar-refractivity contribution in [2.45, 2.75) is 12.7 Å². The van der Waals surface area contributed by atoms with E-state index in [-0.39, 0.29) is 22.5 Å². The number of hydrogen-bond donors (Lipinski definition) is 2. The van der Waals surface area contributed by atoms with Gasteiger partial charge in [-0.1, -0.05) is 17.7 Å². The summed E-state index contributed by atoms with van der Waals surface area (Å²) >= 11 is 5.68. The third-order valence-electron chi connectivity index (χ3n) is 3.36. The molecule has 0 saturated heterocycles. The summed E-state index contributed by atoms with van der Waals surface area (Å²) in [5, 5.41) is 5.64. The Morgan fingerprint density at radius 2 is 1.85 bits per heavy atom. The summed E-state index contributed by atoms with van der Waals surface area (Å²) in [5.74, 6) is 0.486. The van der Waals surface area contributed by atoms with Crippen molar-refractivity contribution < 1.29 is 13.2 Å². The smallest absolute Gasteiger partial charge is 0.349 e. The van der Waals surface area contributed by atoms with E-state index >= 15 is 0 Å². The Morgan fingerprint density at radius 1 is 1.00 bits per heavy atom. The van der Waals surface area contributed by atoms with Crippen LogP contribution in [-0.4, -0.2) is 15.0 Å². The second-order valence-electron chi connectivity index (χ2n) is 5.25. The molecule has 0 saturated carbocycles. The van der Waals surface area contributed by atoms with Crippen LogP contribution in [0.25, 0.3) is 0 Å². The number of anilines is 3. The predicted molar refractivity (Wildman–Crippen MR) is 93.3 cm³/mol. The molecule has 0 atom stereocenters. The van der Waals surface area contributed by atoms with Crippen LogP contribution < -0.4 is 10.6 Å². The quantitative estimate of drug-likeness (QED) is 0.660. The maximum absolute atomic E-state index is 13.2. The van der Waals surface area contributed by atoms with Crippen molar-refractivity contribution in [2.24, 2.45) is 0 Å². The second kappa shape index (κ2) is 7.57. The summed E-state index contributed by atoms with van der Waals surface area (Å²) in [6.45, 7) is 0.388. The van der Waals surface area contributed by atoms with Gasteiger partial charge in [0.05, 0.1) is 23.5 Å². The van der Waals surface area contributed by atoms with Crippen molar-refractivity contribution in [1.29, 1.82) is 0 Å². The first-order chi connectivity index (χ1) is 12.4. The van der Waals surface area contributed by atoms with E-state index in [1.54, 1.807) is 12.3 Å². The van der Waals surface area contributed by atoms with Crippen LogP contribution in [0.15, 0.2) is 54.9 Å². The minimum absolute atomic E-state index is 0.00304. The lowest BCUT2D eigenvalue weighted by Crippen LogP contribution is -2.10. The Morgan fingerprint density at radius 3 is 2.58 bits per heavy atom. The SMILES string of the molecule is FC(F)(F)c1cc(Cl)ccc1Nc1ccnc(NCc2ccccn2)n1. The highest BCUT2D eigenvalue weighted by Gasteiger charge is 2.33. The number of pyridine rings is 1. The molecule has 9 heteroatoms. The number of rotatable bonds is 5. The van der Waals surface area contributed by atoms with Crippen LogP contribution in [0.3, 0.4) is 0 Å². The van der Waals surface area contributed by atoms with Crippen LogP contribution in [0.5, 0.6) is 0 Å². The average molecular weight is 380 g/mol. The van der Waals surface area contributed by atoms with Gasteiger partial charge in [-0.2, -0.15) is 18.2 Å². The van der Waals surface area contributed by atoms with Gasteiger partial charge in [-0.15, -0.1) is 0 Å². The summed E-state index contributed by atoms with van der Waals surface area (Å²) in [6.07, 6.45) is -1.44. The van der Waals surface area contributed by atoms with Gasteiger partial charge in [-0.3, -0.25) is 4.98 Å². The first-order valence-electron chi connectivity index (χ1n) is 7.52. The maximum atomic E-state index is 13.2. The molecule has 0 aliphatic heterocycles. The Hall–Kier alpha value is -2.87. The third kappa shape index (κ3) is 4.60. The van der Waals surface area contributed by atoms with Crippen molar-refractivity contribution in [3.63, 3.8) is 0 Å². The predicted octanol–water partition coefficient (Wildman–Crippen LogP) is 4.90. The fourth-order valence-corrected chi connectivity index (χ4v) is 2.36. The number of halogens is 4. The van der Waals surface area contributed by atoms with Crippen molar-refractivity contribution in [3.8, 4) is 0 Å². The van der Waals surface area contributed by atoms with E-state index in [0.717, 1.165) is 11.8 Å². The van der Waals surface area contributed by atoms with E-state index in [1.807, 2.05) is 12.1 Å². The fourth-order valence-electron chi connectivity index (χ4n) is 2.18. The number of nitrogens with zero attached hydrogens (tertiary/aromatic N) is 3. The minimum atomic E-state index is -4.54. The van der Waals surface area contributed by atoms with Crippen LogP contribution >= 0.6 is 11.6 Å². The monoisotopic (exact) mass is 379 g/mol. The van der Waals surface area contributed by atoms with Gasteiger partial charge in [0.2, 0.25) is 5.95 Å². The number of alkyl halides is 3. The van der Waals surface area contributed by atoms with Gasteiger partial charge in [-0.05, 0) is 36.4 Å². The van der Waals surface area contributed by atoms with Crippen LogP contribution in [0.4, 0.5) is 30.6 Å². The van der Waals surface area contributed by atoms with Crippen LogP contribution in [-0.2, 0) is 12.7 Å². The standard InChI is InChI=1S/C17H13ClF3N5/c18-11-4-5-14(13(9-11)17(19,20)21)25-15-6-8-23-16(26-15)24-10-12-3-1-2-7-22-12/h1-9H,10H2,(H2,23,24,25,26). The number of hydrogen-bond acceptors (Lipinski definition) is 5. The lowest BCUT2D eigenvalue weighted by atomic mass is 10.1. The highest BCUT2D eigenvalue weighted by Crippen LogP contribution is 2.37. The second-order valence-corrected chi connectivity index (χ2v) is 5.69. The Labute approximate surface area is 152 Å². The lowest BCUT2D eigenvalue weighted by Gasteiger charge is -2.15. The van der Waals surface area contributed by atoms with Crippen LogP contribution in [0.2, 0.25) is 5.02 Å². The molecule has 0 spiro atoms. The Bertz CT molecular complexity index is 887. The molecular formula is C17H13ClF3N5. The summed E-state index contributed by atoms with van der Waals surface area (Å²) in [5.41, 5.74) is -0.227. The number of aromatic nitrogens is 3. The molecule has 0 radical (unpaired) electrons. The van der Waals surface area contributed by atoms with Crippen LogP contribution in [0, 0.1) is 0 Å². The van der Waals surface area contributed by atoms with E-state index in [9.17, 15) is 13.2 Å². The third-order valence-corrected chi connectivity index (χ3v) is 3.59. The Kier molecular flexibility index (Phi) is 5.22. The summed E-state index contributed by atoms with van der Waals surface area (Å²) in [7, 11) is 0. The summed E-state index contributed by atoms with van der Waals surface area (Å²) in [6, 6.07) is 10.5. The van der Waals surface area contributed by atoms with Gasteiger partial charge in [0.15, 0.2) is 0 Å². The summed E-state index contributed by atoms with van der Waals surface area (Å²) < 4.78 is 39.5. The van der Waals surface area contributed by atoms with E-state index in [2.05, 4.69) is 25.6 Å². The highest BCUT2D eigenvalue weighted by atomic mass is 35.5. The fraction of sp³-hybridized carbons (Fsp3) is 0.118. The normalized spacial score (nSPS) is 11.2. The highest BCUT2D eigenvalue weighted by molar-refractivity contribution is 6.30. The minimum Gasteiger partial charge on any atom is -0.349 e. The topological polar surface area (TPSA) is 62.7 Å². The molecule has 0 fully saturated rings. The molecule has 0 bridgehead atoms. The average Bonchev–Trinajstić information content (AvgIpc) is 2.62. The van der Waals surface area contributed by atoms with E-state index in [4.69, 9.17) is 11.6 Å². The van der Waals surface area contributed by atoms with Gasteiger partial charge in [0.25, 0.3) is 0 Å². The van der Waals surface area contributed by atoms with E-state index in [1.165, 1.54) is 24.4 Å². The van der Waals surface area contributed by atoms with E-state index in [0.29, 0.717) is 6.54 Å². The summed E-state index contributed by atoms with van der Waals surface area (Å²) in [4.78, 5) is 12.4. The van der Waals surface area contributed by atoms with Crippen LogP contribution in [0.1, 0.15) is 11.3 Å². The zero-order valence-corrected chi connectivity index (χ0v) is 14.0. The molecule has 2 aromatic heterocycles. The van der Waals surface area contributed by atoms with Crippen molar-refractivity contribution in [1.82, 2.24) is 15.0 Å². The first-order valence-corrected chi connectivity index (χ1v) is 7.90. The zero-order chi connectivity index (χ0) is 18.6. The van der Waals surface area contributed by atoms with E-state index < -0.39 is 11.7 Å². The molecule has 0 unspecified atom stereocenters. The molecule has 5 nitrogen and oxygen atoms in total. The Balaban J connectivity index is 1.77. The van der Waals surface area contributed by atoms with Gasteiger partial charge in [-0.25, -0.2) is 4.98 Å². The molecule has 1 aromatic carbocycles. The molecule has 0 aliphatic rings. The molecule has 26 heavy (non-hydrogen) atoms. The van der Waals surface area contributed by atoms with Crippen molar-refractivity contribution >= 4 is 29.1 Å².